The molecule has 132 heavy (non-hydrogen) atoms. The molecule has 15 rings (SSSR count). The Morgan fingerprint density at radius 2 is 0.545 bits per heavy atom. The molecular formula is C113H140B2ClF3N6O4S3. The molecule has 10 nitrogen and oxygen atoms in total. The highest BCUT2D eigenvalue weighted by atomic mass is 35.5. The molecule has 0 bridgehead atoms. The standard InChI is InChI=1S/C67H80F2N4S2.C25H36B2O4.C21H24ClFN2S/c1-7-13-17-19-39-67(40-20-18-14-8-2)59-43-49(51-35-37-57(65-63(51)70-74-72-65)55-31-27-47(41-61(55)68)25-23-45(11-5)21-15-9-3)29-33-53(59)54-34-30-50(44-60(54)67)52-36-38-58(66-64(52)71-75-73-66)56-32-28-48(42-62(56)69)26-24-46(12-6)22-16-10-4;1-3-5-7-9-15-25(16-10-8-6-4-2)23-17-19(26(28)29)11-13-21(23)22-14-12-20(27(30)31)18-24(22)25;1-3-5-6-14(4-2)7-8-15-9-10-16(19(23)13-15)17-11-12-18(22)21-20(17)24-26-25-21/h27-38,41-46H,7-26,39-40H2,1-6H3;11-14,17-18,28-31H,3-10,15-16H2,1-2H3;9-14H,3-8H2,1-2H3. The van der Waals surface area contributed by atoms with Crippen LogP contribution in [0.25, 0.3) is 111 Å². The van der Waals surface area contributed by atoms with Crippen LogP contribution in [0.1, 0.15) is 333 Å². The van der Waals surface area contributed by atoms with Crippen molar-refractivity contribution in [3.8, 4) is 77.9 Å². The lowest BCUT2D eigenvalue weighted by Crippen LogP contribution is -2.34. The molecule has 13 aromatic rings. The zero-order chi connectivity index (χ0) is 93.3. The van der Waals surface area contributed by atoms with E-state index in [4.69, 9.17) is 29.1 Å². The summed E-state index contributed by atoms with van der Waals surface area (Å²) in [4.78, 5) is 0. The first-order valence-corrected chi connectivity index (χ1v) is 53.0. The summed E-state index contributed by atoms with van der Waals surface area (Å²) in [5, 5.41) is 39.9. The van der Waals surface area contributed by atoms with Gasteiger partial charge in [-0.2, -0.15) is 26.2 Å². The zero-order valence-electron chi connectivity index (χ0n) is 80.1. The monoisotopic (exact) mass is 1850 g/mol. The first-order chi connectivity index (χ1) is 64.3. The second kappa shape index (κ2) is 49.5. The highest BCUT2D eigenvalue weighted by Crippen LogP contribution is 2.58. The van der Waals surface area contributed by atoms with E-state index in [2.05, 4.69) is 151 Å². The van der Waals surface area contributed by atoms with Gasteiger partial charge in [-0.3, -0.25) is 0 Å². The Morgan fingerprint density at radius 3 is 0.848 bits per heavy atom. The Balaban J connectivity index is 0.000000211. The van der Waals surface area contributed by atoms with Crippen LogP contribution in [0.3, 0.4) is 0 Å². The number of aromatic nitrogens is 6. The van der Waals surface area contributed by atoms with E-state index in [1.165, 1.54) is 200 Å². The van der Waals surface area contributed by atoms with Gasteiger partial charge in [0.25, 0.3) is 0 Å². The van der Waals surface area contributed by atoms with Gasteiger partial charge in [-0.15, -0.1) is 0 Å². The predicted octanol–water partition coefficient (Wildman–Crippen LogP) is 31.7. The summed E-state index contributed by atoms with van der Waals surface area (Å²) in [7, 11) is -3.00. The Bertz CT molecular complexity index is 5630. The zero-order valence-corrected chi connectivity index (χ0v) is 83.3. The van der Waals surface area contributed by atoms with Crippen LogP contribution in [0.2, 0.25) is 5.02 Å². The van der Waals surface area contributed by atoms with Crippen LogP contribution in [0.5, 0.6) is 0 Å². The van der Waals surface area contributed by atoms with Crippen LogP contribution in [-0.2, 0) is 30.1 Å². The highest BCUT2D eigenvalue weighted by molar-refractivity contribution is 7.00. The molecule has 2 aliphatic rings. The van der Waals surface area contributed by atoms with Crippen LogP contribution in [-0.4, -0.2) is 60.6 Å². The van der Waals surface area contributed by atoms with Crippen LogP contribution < -0.4 is 10.9 Å². The maximum Gasteiger partial charge on any atom is 0.488 e. The van der Waals surface area contributed by atoms with Crippen molar-refractivity contribution in [3.05, 3.63) is 225 Å². The fourth-order valence-corrected chi connectivity index (χ4v) is 23.1. The average molecular weight is 1860 g/mol. The number of aryl methyl sites for hydroxylation is 3. The first kappa shape index (κ1) is 101. The van der Waals surface area contributed by atoms with E-state index in [-0.39, 0.29) is 28.3 Å². The molecule has 4 N–H and O–H groups in total. The topological polar surface area (TPSA) is 158 Å². The minimum atomic E-state index is -1.50. The van der Waals surface area contributed by atoms with Crippen molar-refractivity contribution < 1.29 is 33.3 Å². The number of hydrogen-bond donors (Lipinski definition) is 4. The minimum absolute atomic E-state index is 0.197. The Hall–Kier alpha value is -8.29. The van der Waals surface area contributed by atoms with Crippen molar-refractivity contribution in [1.82, 2.24) is 26.2 Å². The van der Waals surface area contributed by atoms with Gasteiger partial charge in [0.1, 0.15) is 50.6 Å². The second-order valence-electron chi connectivity index (χ2n) is 37.9. The molecule has 0 spiro atoms. The van der Waals surface area contributed by atoms with Crippen molar-refractivity contribution in [2.75, 3.05) is 0 Å². The lowest BCUT2D eigenvalue weighted by Gasteiger charge is -2.33. The fraction of sp³-hybridized carbons (Fsp3) is 0.469. The van der Waals surface area contributed by atoms with E-state index in [1.54, 1.807) is 36.4 Å². The maximum atomic E-state index is 16.2. The van der Waals surface area contributed by atoms with E-state index in [0.29, 0.717) is 55.5 Å². The molecule has 0 saturated carbocycles. The lowest BCUT2D eigenvalue weighted by atomic mass is 9.67. The molecule has 3 unspecified atom stereocenters. The fourth-order valence-electron chi connectivity index (χ4n) is 21.2. The van der Waals surface area contributed by atoms with Crippen LogP contribution in [0.15, 0.2) is 164 Å². The van der Waals surface area contributed by atoms with Gasteiger partial charge in [-0.25, -0.2) is 13.2 Å². The molecule has 698 valence electrons. The van der Waals surface area contributed by atoms with Gasteiger partial charge in [-0.1, -0.05) is 388 Å². The molecular weight excluding hydrogens is 1720 g/mol. The van der Waals surface area contributed by atoms with Crippen LogP contribution in [0, 0.1) is 35.2 Å². The summed E-state index contributed by atoms with van der Waals surface area (Å²) < 4.78 is 75.2. The minimum Gasteiger partial charge on any atom is -0.423 e. The van der Waals surface area contributed by atoms with E-state index >= 15 is 8.78 Å². The van der Waals surface area contributed by atoms with Gasteiger partial charge in [0.05, 0.1) is 40.2 Å². The quantitative estimate of drug-likeness (QED) is 0.0214. The normalized spacial score (nSPS) is 13.5. The van der Waals surface area contributed by atoms with Crippen LogP contribution >= 0.6 is 46.8 Å². The number of benzene rings is 10. The molecule has 0 aliphatic heterocycles. The second-order valence-corrected chi connectivity index (χ2v) is 39.9. The molecule has 10 aromatic carbocycles. The third-order valence-corrected chi connectivity index (χ3v) is 31.0. The van der Waals surface area contributed by atoms with E-state index in [1.807, 2.05) is 54.6 Å². The number of rotatable bonds is 48. The van der Waals surface area contributed by atoms with Crippen LogP contribution in [0.4, 0.5) is 13.2 Å². The van der Waals surface area contributed by atoms with Gasteiger partial charge in [0.15, 0.2) is 0 Å². The summed E-state index contributed by atoms with van der Waals surface area (Å²) in [5.74, 6) is 1.49. The summed E-state index contributed by atoms with van der Waals surface area (Å²) in [6.45, 7) is 22.5. The summed E-state index contributed by atoms with van der Waals surface area (Å²) in [6.07, 6.45) is 43.6. The highest BCUT2D eigenvalue weighted by Gasteiger charge is 2.45. The Labute approximate surface area is 803 Å². The number of nitrogens with zero attached hydrogens (tertiary/aromatic N) is 6. The number of halogens is 4. The van der Waals surface area contributed by atoms with Crippen molar-refractivity contribution >= 4 is 105 Å². The molecule has 0 amide bonds. The van der Waals surface area contributed by atoms with E-state index in [0.717, 1.165) is 207 Å². The summed E-state index contributed by atoms with van der Waals surface area (Å²) in [5.41, 5.74) is 26.5. The molecule has 19 heteroatoms. The van der Waals surface area contributed by atoms with Crippen molar-refractivity contribution in [3.63, 3.8) is 0 Å². The third-order valence-electron chi connectivity index (χ3n) is 29.1. The smallest absolute Gasteiger partial charge is 0.423 e. The van der Waals surface area contributed by atoms with Gasteiger partial charge < -0.3 is 20.1 Å². The van der Waals surface area contributed by atoms with Gasteiger partial charge in [0, 0.05) is 55.3 Å². The van der Waals surface area contributed by atoms with Gasteiger partial charge in [-0.05, 0) is 202 Å². The average Bonchev–Trinajstić information content (AvgIpc) is 1.55. The third kappa shape index (κ3) is 23.8. The Morgan fingerprint density at radius 1 is 0.280 bits per heavy atom. The van der Waals surface area contributed by atoms with Crippen molar-refractivity contribution in [2.24, 2.45) is 17.8 Å². The molecule has 3 heterocycles. The summed E-state index contributed by atoms with van der Waals surface area (Å²) >= 11 is 9.66. The molecule has 2 aliphatic carbocycles. The molecule has 3 aromatic heterocycles. The van der Waals surface area contributed by atoms with Gasteiger partial charge in [0.2, 0.25) is 0 Å². The van der Waals surface area contributed by atoms with E-state index in [9.17, 15) is 24.5 Å². The molecule has 0 fully saturated rings. The molecule has 0 radical (unpaired) electrons. The summed E-state index contributed by atoms with van der Waals surface area (Å²) in [6, 6.07) is 54.8. The maximum absolute atomic E-state index is 16.2. The van der Waals surface area contributed by atoms with E-state index < -0.39 is 14.2 Å². The largest absolute Gasteiger partial charge is 0.488 e. The molecule has 0 saturated heterocycles. The lowest BCUT2D eigenvalue weighted by molar-refractivity contribution is 0.400. The Kier molecular flexibility index (Phi) is 37.9. The number of fused-ring (bicyclic) bond motifs is 9. The van der Waals surface area contributed by atoms with Crippen molar-refractivity contribution in [1.29, 1.82) is 0 Å². The van der Waals surface area contributed by atoms with Gasteiger partial charge >= 0.3 is 14.2 Å². The number of unbranched alkanes of at least 4 members (excludes halogenated alkanes) is 15. The van der Waals surface area contributed by atoms with Crippen molar-refractivity contribution in [2.45, 2.75) is 324 Å². The first-order valence-electron chi connectivity index (χ1n) is 50.4. The SMILES string of the molecule is CCCCC(CC)CCc1ccc(-c2ccc(Cl)c3nsnc23)c(F)c1.CCCCCCC1(CCCCCC)c2cc(-c3ccc(-c4ccc(CCC(CC)CCCC)cc4F)c4nsnc34)ccc2-c2ccc(-c3ccc(-c4ccc(CCC(CC)CCCC)cc4F)c4nsnc34)cc21.CCCCCCC1(CCCCCC)c2cc(B(O)O)ccc2-c2ccc(B(O)O)cc21. The predicted molar refractivity (Wildman–Crippen MR) is 556 cm³/mol. The number of hydrogen-bond acceptors (Lipinski definition) is 13. The molecule has 3 atom stereocenters.